The summed E-state index contributed by atoms with van der Waals surface area (Å²) in [6.07, 6.45) is 2.93. The molecular formula is C13H14IN3O2S. The number of carbonyl (C=O) groups excluding carboxylic acids is 1. The second-order valence-electron chi connectivity index (χ2n) is 5.00. The Kier molecular flexibility index (Phi) is 4.59. The molecule has 0 atom stereocenters. The average Bonchev–Trinajstić information content (AvgIpc) is 2.70. The Morgan fingerprint density at radius 2 is 2.00 bits per heavy atom. The van der Waals surface area contributed by atoms with Crippen LogP contribution in [0.15, 0.2) is 24.5 Å². The number of aromatic nitrogens is 2. The number of rotatable bonds is 2. The second kappa shape index (κ2) is 6.04. The van der Waals surface area contributed by atoms with Crippen LogP contribution in [-0.4, -0.2) is 21.7 Å². The quantitative estimate of drug-likeness (QED) is 0.766. The monoisotopic (exact) mass is 403 g/mol. The van der Waals surface area contributed by atoms with E-state index in [9.17, 15) is 4.79 Å². The summed E-state index contributed by atoms with van der Waals surface area (Å²) in [5, 5.41) is 3.51. The maximum atomic E-state index is 11.7. The average molecular weight is 403 g/mol. The molecule has 0 aromatic carbocycles. The largest absolute Gasteiger partial charge is 0.444 e. The molecule has 0 radical (unpaired) electrons. The van der Waals surface area contributed by atoms with E-state index in [1.807, 2.05) is 32.9 Å². The number of halogens is 1. The van der Waals surface area contributed by atoms with E-state index in [2.05, 4.69) is 37.9 Å². The van der Waals surface area contributed by atoms with Gasteiger partial charge < -0.3 is 4.74 Å². The molecule has 0 aliphatic heterocycles. The van der Waals surface area contributed by atoms with Crippen LogP contribution in [0.3, 0.4) is 0 Å². The lowest BCUT2D eigenvalue weighted by molar-refractivity contribution is 0.0635. The molecule has 2 aromatic heterocycles. The lowest BCUT2D eigenvalue weighted by atomic mass is 10.2. The number of nitrogens with one attached hydrogen (secondary N) is 1. The van der Waals surface area contributed by atoms with Crippen molar-refractivity contribution in [2.45, 2.75) is 26.4 Å². The van der Waals surface area contributed by atoms with E-state index in [-0.39, 0.29) is 0 Å². The maximum Gasteiger partial charge on any atom is 0.413 e. The number of hydrogen-bond acceptors (Lipinski definition) is 5. The predicted octanol–water partition coefficient (Wildman–Crippen LogP) is 4.16. The molecule has 0 spiro atoms. The van der Waals surface area contributed by atoms with Crippen molar-refractivity contribution in [1.29, 1.82) is 0 Å². The van der Waals surface area contributed by atoms with Crippen LogP contribution in [0.2, 0.25) is 0 Å². The maximum absolute atomic E-state index is 11.7. The highest BCUT2D eigenvalue weighted by Gasteiger charge is 2.19. The lowest BCUT2D eigenvalue weighted by Crippen LogP contribution is -2.27. The van der Waals surface area contributed by atoms with Crippen LogP contribution < -0.4 is 5.32 Å². The van der Waals surface area contributed by atoms with Crippen molar-refractivity contribution in [1.82, 2.24) is 9.97 Å². The van der Waals surface area contributed by atoms with Gasteiger partial charge in [0.15, 0.2) is 5.82 Å². The van der Waals surface area contributed by atoms with Gasteiger partial charge in [-0.15, -0.1) is 11.3 Å². The molecule has 0 aliphatic rings. The van der Waals surface area contributed by atoms with Gasteiger partial charge in [0.1, 0.15) is 13.5 Å². The van der Waals surface area contributed by atoms with E-state index >= 15 is 0 Å². The number of nitrogens with zero attached hydrogens (tertiary/aromatic N) is 2. The Morgan fingerprint density at radius 3 is 2.60 bits per heavy atom. The molecule has 0 bridgehead atoms. The van der Waals surface area contributed by atoms with Crippen molar-refractivity contribution < 1.29 is 9.53 Å². The molecule has 7 heteroatoms. The van der Waals surface area contributed by atoms with Crippen LogP contribution in [0.4, 0.5) is 10.6 Å². The van der Waals surface area contributed by atoms with Crippen LogP contribution >= 0.6 is 33.9 Å². The number of anilines is 1. The summed E-state index contributed by atoms with van der Waals surface area (Å²) < 4.78 is 6.12. The van der Waals surface area contributed by atoms with Gasteiger partial charge in [-0.1, -0.05) is 0 Å². The molecule has 0 saturated carbocycles. The van der Waals surface area contributed by atoms with Gasteiger partial charge in [-0.05, 0) is 55.5 Å². The number of ether oxygens (including phenoxy) is 1. The molecule has 0 aliphatic carbocycles. The number of thiazole rings is 1. The summed E-state index contributed by atoms with van der Waals surface area (Å²) in [6, 6.07) is 3.76. The summed E-state index contributed by atoms with van der Waals surface area (Å²) in [5.41, 5.74) is 0.444. The van der Waals surface area contributed by atoms with Gasteiger partial charge in [-0.3, -0.25) is 10.3 Å². The second-order valence-corrected chi connectivity index (χ2v) is 7.81. The van der Waals surface area contributed by atoms with Crippen molar-refractivity contribution >= 4 is 45.8 Å². The van der Waals surface area contributed by atoms with Crippen LogP contribution in [0, 0.1) is 2.88 Å². The third kappa shape index (κ3) is 4.14. The topological polar surface area (TPSA) is 64.1 Å². The highest BCUT2D eigenvalue weighted by Crippen LogP contribution is 2.31. The van der Waals surface area contributed by atoms with E-state index in [4.69, 9.17) is 4.74 Å². The number of hydrogen-bond donors (Lipinski definition) is 1. The normalized spacial score (nSPS) is 11.2. The minimum absolute atomic E-state index is 0.498. The molecule has 1 amide bonds. The van der Waals surface area contributed by atoms with Crippen LogP contribution in [0.5, 0.6) is 0 Å². The zero-order valence-electron chi connectivity index (χ0n) is 11.3. The third-order valence-corrected chi connectivity index (χ3v) is 4.20. The Morgan fingerprint density at radius 1 is 1.35 bits per heavy atom. The third-order valence-electron chi connectivity index (χ3n) is 2.13. The van der Waals surface area contributed by atoms with Gasteiger partial charge in [0.2, 0.25) is 0 Å². The summed E-state index contributed by atoms with van der Waals surface area (Å²) in [6.45, 7) is 5.46. The van der Waals surface area contributed by atoms with Gasteiger partial charge in [0.25, 0.3) is 0 Å². The first-order valence-corrected chi connectivity index (χ1v) is 7.81. The summed E-state index contributed by atoms with van der Waals surface area (Å²) >= 11 is 3.65. The molecule has 1 N–H and O–H groups in total. The van der Waals surface area contributed by atoms with Crippen molar-refractivity contribution in [2.75, 3.05) is 5.32 Å². The molecule has 2 heterocycles. The van der Waals surface area contributed by atoms with Gasteiger partial charge in [0, 0.05) is 18.0 Å². The molecule has 106 valence electrons. The fraction of sp³-hybridized carbons (Fsp3) is 0.308. The van der Waals surface area contributed by atoms with Crippen molar-refractivity contribution in [3.63, 3.8) is 0 Å². The smallest absolute Gasteiger partial charge is 0.413 e. The molecule has 2 aromatic rings. The van der Waals surface area contributed by atoms with Crippen molar-refractivity contribution in [3.05, 3.63) is 27.4 Å². The molecule has 20 heavy (non-hydrogen) atoms. The van der Waals surface area contributed by atoms with Gasteiger partial charge in [-0.2, -0.15) is 0 Å². The lowest BCUT2D eigenvalue weighted by Gasteiger charge is -2.19. The number of pyridine rings is 1. The minimum Gasteiger partial charge on any atom is -0.444 e. The summed E-state index contributed by atoms with van der Waals surface area (Å²) in [5.74, 6) is 0.525. The molecule has 2 rings (SSSR count). The van der Waals surface area contributed by atoms with Crippen LogP contribution in [0.25, 0.3) is 10.6 Å². The molecular weight excluding hydrogens is 389 g/mol. The zero-order valence-corrected chi connectivity index (χ0v) is 14.3. The van der Waals surface area contributed by atoms with E-state index in [1.54, 1.807) is 12.4 Å². The van der Waals surface area contributed by atoms with Gasteiger partial charge in [-0.25, -0.2) is 9.78 Å². The Bertz CT molecular complexity index is 608. The van der Waals surface area contributed by atoms with E-state index in [1.165, 1.54) is 11.3 Å². The van der Waals surface area contributed by atoms with E-state index in [0.717, 1.165) is 13.5 Å². The standard InChI is InChI=1S/C13H14IN3O2S/c1-13(2,3)19-12(18)17-10-9(14)20-11(16-10)8-4-6-15-7-5-8/h4-7H,1-3H3,(H,17,18). The Labute approximate surface area is 134 Å². The summed E-state index contributed by atoms with van der Waals surface area (Å²) in [7, 11) is 0. The van der Waals surface area contributed by atoms with Gasteiger partial charge in [0.05, 0.1) is 0 Å². The first-order valence-electron chi connectivity index (χ1n) is 5.92. The molecule has 0 unspecified atom stereocenters. The highest BCUT2D eigenvalue weighted by molar-refractivity contribution is 14.1. The molecule has 0 saturated heterocycles. The fourth-order valence-electron chi connectivity index (χ4n) is 1.40. The van der Waals surface area contributed by atoms with Crippen LogP contribution in [-0.2, 0) is 4.74 Å². The van der Waals surface area contributed by atoms with Gasteiger partial charge >= 0.3 is 6.09 Å². The predicted molar refractivity (Wildman–Crippen MR) is 87.9 cm³/mol. The van der Waals surface area contributed by atoms with E-state index in [0.29, 0.717) is 5.82 Å². The van der Waals surface area contributed by atoms with Crippen LogP contribution in [0.1, 0.15) is 20.8 Å². The number of amides is 1. The zero-order chi connectivity index (χ0) is 14.8. The van der Waals surface area contributed by atoms with Crippen molar-refractivity contribution in [3.8, 4) is 10.6 Å². The number of carbonyl (C=O) groups is 1. The summed E-state index contributed by atoms with van der Waals surface area (Å²) in [4.78, 5) is 20.1. The fourth-order valence-corrected chi connectivity index (χ4v) is 3.03. The molecule has 5 nitrogen and oxygen atoms in total. The highest BCUT2D eigenvalue weighted by atomic mass is 127. The SMILES string of the molecule is CC(C)(C)OC(=O)Nc1nc(-c2ccncc2)sc1I. The molecule has 0 fully saturated rings. The first-order chi connectivity index (χ1) is 9.35. The Hall–Kier alpha value is -1.22. The Balaban J connectivity index is 2.15. The van der Waals surface area contributed by atoms with E-state index < -0.39 is 11.7 Å². The first kappa shape index (κ1) is 15.2. The minimum atomic E-state index is -0.528. The van der Waals surface area contributed by atoms with Crippen molar-refractivity contribution in [2.24, 2.45) is 0 Å².